The lowest BCUT2D eigenvalue weighted by atomic mass is 10.2. The first-order chi connectivity index (χ1) is 16.3. The summed E-state index contributed by atoms with van der Waals surface area (Å²) in [5.74, 6) is 0.881. The van der Waals surface area contributed by atoms with Gasteiger partial charge in [-0.25, -0.2) is 8.42 Å². The average molecular weight is 505 g/mol. The Kier molecular flexibility index (Phi) is 8.25. The van der Waals surface area contributed by atoms with E-state index >= 15 is 0 Å². The molecule has 3 aromatic rings. The Balaban J connectivity index is 1.70. The van der Waals surface area contributed by atoms with Crippen molar-refractivity contribution in [3.63, 3.8) is 0 Å². The highest BCUT2D eigenvalue weighted by atomic mass is 35.5. The second-order valence-electron chi connectivity index (χ2n) is 7.13. The van der Waals surface area contributed by atoms with Crippen molar-refractivity contribution in [1.29, 1.82) is 0 Å². The molecular weight excluding hydrogens is 480 g/mol. The summed E-state index contributed by atoms with van der Waals surface area (Å²) in [4.78, 5) is 12.7. The molecule has 10 heteroatoms. The molecule has 0 heterocycles. The first kappa shape index (κ1) is 25.2. The lowest BCUT2D eigenvalue weighted by Gasteiger charge is -2.18. The van der Waals surface area contributed by atoms with E-state index in [0.717, 1.165) is 0 Å². The number of carbonyl (C=O) groups excluding carboxylic acids is 1. The van der Waals surface area contributed by atoms with Crippen molar-refractivity contribution < 1.29 is 27.4 Å². The zero-order valence-electron chi connectivity index (χ0n) is 18.9. The smallest absolute Gasteiger partial charge is 0.265 e. The van der Waals surface area contributed by atoms with Crippen LogP contribution in [0.25, 0.3) is 0 Å². The SMILES string of the molecule is CC[C@@H](Oc1ccccc1Cl)C(=O)Nc1ccc(S(=O)(=O)Nc2ccc(OC)cc2OC)cc1. The molecule has 0 aliphatic heterocycles. The van der Waals surface area contributed by atoms with E-state index in [9.17, 15) is 13.2 Å². The van der Waals surface area contributed by atoms with Gasteiger partial charge in [0.15, 0.2) is 6.10 Å². The van der Waals surface area contributed by atoms with E-state index < -0.39 is 16.1 Å². The van der Waals surface area contributed by atoms with Crippen molar-refractivity contribution >= 4 is 38.9 Å². The molecule has 180 valence electrons. The van der Waals surface area contributed by atoms with E-state index in [2.05, 4.69) is 10.0 Å². The molecule has 34 heavy (non-hydrogen) atoms. The standard InChI is InChI=1S/C24H25ClN2O6S/c1-4-21(33-22-8-6-5-7-19(22)25)24(28)26-16-9-12-18(13-10-16)34(29,30)27-20-14-11-17(31-2)15-23(20)32-3/h5-15,21,27H,4H2,1-3H3,(H,26,28)/t21-/m1/s1. The van der Waals surface area contributed by atoms with Crippen LogP contribution in [0.5, 0.6) is 17.2 Å². The predicted molar refractivity (Wildman–Crippen MR) is 132 cm³/mol. The van der Waals surface area contributed by atoms with Crippen molar-refractivity contribution in [1.82, 2.24) is 0 Å². The molecule has 3 rings (SSSR count). The number of carbonyl (C=O) groups is 1. The van der Waals surface area contributed by atoms with Crippen LogP contribution in [0.2, 0.25) is 5.02 Å². The Hall–Kier alpha value is -3.43. The van der Waals surface area contributed by atoms with Gasteiger partial charge in [-0.2, -0.15) is 0 Å². The van der Waals surface area contributed by atoms with Crippen molar-refractivity contribution in [2.45, 2.75) is 24.3 Å². The molecule has 3 aromatic carbocycles. The molecule has 8 nitrogen and oxygen atoms in total. The van der Waals surface area contributed by atoms with Crippen molar-refractivity contribution in [2.24, 2.45) is 0 Å². The monoisotopic (exact) mass is 504 g/mol. The molecule has 2 N–H and O–H groups in total. The number of hydrogen-bond donors (Lipinski definition) is 2. The maximum absolute atomic E-state index is 12.8. The second-order valence-corrected chi connectivity index (χ2v) is 9.22. The van der Waals surface area contributed by atoms with Gasteiger partial charge in [-0.15, -0.1) is 0 Å². The van der Waals surface area contributed by atoms with E-state index in [0.29, 0.717) is 34.4 Å². The third-order valence-corrected chi connectivity index (χ3v) is 6.55. The number of hydrogen-bond acceptors (Lipinski definition) is 6. The zero-order valence-corrected chi connectivity index (χ0v) is 20.4. The number of ether oxygens (including phenoxy) is 3. The van der Waals surface area contributed by atoms with E-state index in [-0.39, 0.29) is 16.5 Å². The fourth-order valence-corrected chi connectivity index (χ4v) is 4.29. The van der Waals surface area contributed by atoms with E-state index in [1.165, 1.54) is 38.5 Å². The highest BCUT2D eigenvalue weighted by Crippen LogP contribution is 2.31. The summed E-state index contributed by atoms with van der Waals surface area (Å²) in [5, 5.41) is 3.14. The molecule has 0 bridgehead atoms. The number of benzene rings is 3. The summed E-state index contributed by atoms with van der Waals surface area (Å²) < 4.78 is 44.3. The lowest BCUT2D eigenvalue weighted by Crippen LogP contribution is -2.32. The molecule has 0 unspecified atom stereocenters. The van der Waals surface area contributed by atoms with Crippen LogP contribution in [0.3, 0.4) is 0 Å². The molecule has 1 amide bonds. The molecule has 0 aliphatic carbocycles. The molecule has 0 aliphatic rings. The molecular formula is C24H25ClN2O6S. The summed E-state index contributed by atoms with van der Waals surface area (Å²) in [7, 11) is -0.962. The van der Waals surface area contributed by atoms with Gasteiger partial charge in [-0.3, -0.25) is 9.52 Å². The molecule has 0 saturated carbocycles. The van der Waals surface area contributed by atoms with Crippen LogP contribution in [0.4, 0.5) is 11.4 Å². The van der Waals surface area contributed by atoms with Crippen LogP contribution in [0.15, 0.2) is 71.6 Å². The first-order valence-corrected chi connectivity index (χ1v) is 12.2. The number of anilines is 2. The van der Waals surface area contributed by atoms with Crippen molar-refractivity contribution in [3.05, 3.63) is 71.8 Å². The number of methoxy groups -OCH3 is 2. The van der Waals surface area contributed by atoms with Gasteiger partial charge in [0.2, 0.25) is 0 Å². The summed E-state index contributed by atoms with van der Waals surface area (Å²) in [6, 6.07) is 17.4. The predicted octanol–water partition coefficient (Wildman–Crippen LogP) is 4.95. The largest absolute Gasteiger partial charge is 0.497 e. The van der Waals surface area contributed by atoms with Crippen LogP contribution >= 0.6 is 11.6 Å². The number of rotatable bonds is 10. The number of amides is 1. The van der Waals surface area contributed by atoms with Gasteiger partial charge in [0.25, 0.3) is 15.9 Å². The molecule has 1 atom stereocenters. The molecule has 0 saturated heterocycles. The van der Waals surface area contributed by atoms with Gasteiger partial charge in [0.1, 0.15) is 17.2 Å². The Morgan fingerprint density at radius 3 is 2.29 bits per heavy atom. The number of sulfonamides is 1. The van der Waals surface area contributed by atoms with Gasteiger partial charge < -0.3 is 19.5 Å². The molecule has 0 radical (unpaired) electrons. The van der Waals surface area contributed by atoms with Gasteiger partial charge in [0.05, 0.1) is 29.8 Å². The van der Waals surface area contributed by atoms with Crippen LogP contribution < -0.4 is 24.2 Å². The maximum Gasteiger partial charge on any atom is 0.265 e. The summed E-state index contributed by atoms with van der Waals surface area (Å²) >= 11 is 6.11. The number of halogens is 1. The Morgan fingerprint density at radius 1 is 0.971 bits per heavy atom. The third kappa shape index (κ3) is 6.12. The van der Waals surface area contributed by atoms with Crippen molar-refractivity contribution in [2.75, 3.05) is 24.3 Å². The third-order valence-electron chi connectivity index (χ3n) is 4.85. The minimum absolute atomic E-state index is 0.0164. The van der Waals surface area contributed by atoms with Crippen LogP contribution in [0.1, 0.15) is 13.3 Å². The molecule has 0 fully saturated rings. The second kappa shape index (κ2) is 11.1. The number of para-hydroxylation sites is 1. The molecule has 0 spiro atoms. The Bertz CT molecular complexity index is 1250. The highest BCUT2D eigenvalue weighted by Gasteiger charge is 2.21. The topological polar surface area (TPSA) is 103 Å². The normalized spacial score (nSPS) is 11.9. The Labute approximate surface area is 203 Å². The fraction of sp³-hybridized carbons (Fsp3) is 0.208. The minimum Gasteiger partial charge on any atom is -0.497 e. The first-order valence-electron chi connectivity index (χ1n) is 10.3. The van der Waals surface area contributed by atoms with E-state index in [4.69, 9.17) is 25.8 Å². The minimum atomic E-state index is -3.90. The van der Waals surface area contributed by atoms with Crippen LogP contribution in [-0.2, 0) is 14.8 Å². The summed E-state index contributed by atoms with van der Waals surface area (Å²) in [6.45, 7) is 1.82. The van der Waals surface area contributed by atoms with E-state index in [1.807, 2.05) is 6.92 Å². The van der Waals surface area contributed by atoms with E-state index in [1.54, 1.807) is 42.5 Å². The molecule has 0 aromatic heterocycles. The van der Waals surface area contributed by atoms with Crippen LogP contribution in [-0.4, -0.2) is 34.6 Å². The van der Waals surface area contributed by atoms with Gasteiger partial charge >= 0.3 is 0 Å². The maximum atomic E-state index is 12.8. The zero-order chi connectivity index (χ0) is 24.7. The van der Waals surface area contributed by atoms with Crippen LogP contribution in [0, 0.1) is 0 Å². The van der Waals surface area contributed by atoms with Crippen molar-refractivity contribution in [3.8, 4) is 17.2 Å². The average Bonchev–Trinajstić information content (AvgIpc) is 2.83. The summed E-state index contributed by atoms with van der Waals surface area (Å²) in [6.07, 6.45) is -0.357. The quantitative estimate of drug-likeness (QED) is 0.405. The van der Waals surface area contributed by atoms with Gasteiger partial charge in [0, 0.05) is 11.8 Å². The number of nitrogens with one attached hydrogen (secondary N) is 2. The fourth-order valence-electron chi connectivity index (χ4n) is 3.04. The van der Waals surface area contributed by atoms with Gasteiger partial charge in [-0.1, -0.05) is 30.7 Å². The van der Waals surface area contributed by atoms with Gasteiger partial charge in [-0.05, 0) is 55.0 Å². The summed E-state index contributed by atoms with van der Waals surface area (Å²) in [5.41, 5.74) is 0.690. The Morgan fingerprint density at radius 2 is 1.68 bits per heavy atom. The highest BCUT2D eigenvalue weighted by molar-refractivity contribution is 7.92. The lowest BCUT2D eigenvalue weighted by molar-refractivity contribution is -0.122.